The molecule has 8 rings (SSSR count). The normalized spacial score (nSPS) is 38.9. The van der Waals surface area contributed by atoms with Gasteiger partial charge in [-0.2, -0.15) is 0 Å². The third-order valence-corrected chi connectivity index (χ3v) is 11.2. The van der Waals surface area contributed by atoms with Gasteiger partial charge in [0.2, 0.25) is 5.95 Å². The number of aromatic nitrogens is 2. The lowest BCUT2D eigenvalue weighted by Gasteiger charge is -2.66. The van der Waals surface area contributed by atoms with Gasteiger partial charge in [0.25, 0.3) is 0 Å². The molecular weight excluding hydrogens is 432 g/mol. The molecule has 5 heteroatoms. The maximum Gasteiger partial charge on any atom is 0.226 e. The lowest BCUT2D eigenvalue weighted by Crippen LogP contribution is -2.69. The van der Waals surface area contributed by atoms with Crippen molar-refractivity contribution in [3.63, 3.8) is 0 Å². The van der Waals surface area contributed by atoms with Crippen molar-refractivity contribution >= 4 is 5.95 Å². The number of likely N-dealkylation sites (tertiary alicyclic amines) is 1. The Morgan fingerprint density at radius 2 is 1.89 bits per heavy atom. The van der Waals surface area contributed by atoms with Crippen LogP contribution in [0.5, 0.6) is 5.75 Å². The number of fused-ring (bicyclic) bond motifs is 1. The maximum atomic E-state index is 5.81. The van der Waals surface area contributed by atoms with Gasteiger partial charge in [-0.15, -0.1) is 0 Å². The summed E-state index contributed by atoms with van der Waals surface area (Å²) in [5.74, 6) is 4.43. The molecule has 2 aromatic rings. The summed E-state index contributed by atoms with van der Waals surface area (Å²) in [6.07, 6.45) is 9.50. The molecule has 4 bridgehead atoms. The minimum absolute atomic E-state index is 0.279. The topological polar surface area (TPSA) is 41.5 Å². The highest BCUT2D eigenvalue weighted by Crippen LogP contribution is 2.75. The number of rotatable bonds is 4. The molecule has 184 valence electrons. The minimum atomic E-state index is 0.279. The number of hydrogen-bond donors (Lipinski definition) is 0. The summed E-state index contributed by atoms with van der Waals surface area (Å²) in [5, 5.41) is 0. The lowest BCUT2D eigenvalue weighted by molar-refractivity contribution is -0.0921. The summed E-state index contributed by atoms with van der Waals surface area (Å²) in [5.41, 5.74) is 6.15. The highest BCUT2D eigenvalue weighted by Gasteiger charge is 2.76. The lowest BCUT2D eigenvalue weighted by atomic mass is 9.43. The van der Waals surface area contributed by atoms with E-state index < -0.39 is 0 Å². The largest absolute Gasteiger partial charge is 0.497 e. The van der Waals surface area contributed by atoms with E-state index in [2.05, 4.69) is 47.9 Å². The Morgan fingerprint density at radius 3 is 2.66 bits per heavy atom. The van der Waals surface area contributed by atoms with E-state index >= 15 is 0 Å². The van der Waals surface area contributed by atoms with E-state index in [0.29, 0.717) is 17.4 Å². The summed E-state index contributed by atoms with van der Waals surface area (Å²) in [4.78, 5) is 15.5. The fraction of sp³-hybridized carbons (Fsp3) is 0.667. The molecule has 5 fully saturated rings. The summed E-state index contributed by atoms with van der Waals surface area (Å²) < 4.78 is 5.81. The van der Waals surface area contributed by atoms with Crippen molar-refractivity contribution in [3.8, 4) is 5.75 Å². The molecule has 2 aliphatic heterocycles. The zero-order valence-electron chi connectivity index (χ0n) is 21.5. The van der Waals surface area contributed by atoms with Gasteiger partial charge in [0, 0.05) is 42.0 Å². The van der Waals surface area contributed by atoms with E-state index in [0.717, 1.165) is 47.5 Å². The van der Waals surface area contributed by atoms with E-state index in [1.165, 1.54) is 58.0 Å². The van der Waals surface area contributed by atoms with Crippen LogP contribution in [0.1, 0.15) is 61.0 Å². The molecule has 5 nitrogen and oxygen atoms in total. The molecule has 1 aromatic carbocycles. The minimum Gasteiger partial charge on any atom is -0.497 e. The van der Waals surface area contributed by atoms with Crippen LogP contribution in [0.4, 0.5) is 5.95 Å². The number of benzene rings is 1. The van der Waals surface area contributed by atoms with Crippen molar-refractivity contribution in [2.75, 3.05) is 31.6 Å². The number of methoxy groups -OCH3 is 1. The monoisotopic (exact) mass is 470 g/mol. The molecule has 0 spiro atoms. The fourth-order valence-electron chi connectivity index (χ4n) is 10.1. The molecule has 2 unspecified atom stereocenters. The van der Waals surface area contributed by atoms with Crippen LogP contribution in [-0.4, -0.2) is 53.7 Å². The number of anilines is 1. The predicted molar refractivity (Wildman–Crippen MR) is 137 cm³/mol. The van der Waals surface area contributed by atoms with Gasteiger partial charge < -0.3 is 9.64 Å². The molecular formula is C30H38N4O. The molecule has 0 amide bonds. The van der Waals surface area contributed by atoms with E-state index in [9.17, 15) is 0 Å². The van der Waals surface area contributed by atoms with Crippen molar-refractivity contribution in [2.45, 2.75) is 76.3 Å². The number of ether oxygens (including phenoxy) is 1. The Morgan fingerprint density at radius 1 is 1.06 bits per heavy atom. The van der Waals surface area contributed by atoms with Crippen LogP contribution in [0.25, 0.3) is 0 Å². The molecule has 0 N–H and O–H groups in total. The third kappa shape index (κ3) is 2.63. The van der Waals surface area contributed by atoms with Crippen molar-refractivity contribution in [1.29, 1.82) is 0 Å². The SMILES string of the molecule is COc1ccc2c(c1)[C@]13CCN(CC4CC4)[C@H](C2)[C@]12CCC1C3[C@@H](CN1c1nc(C)cc(C)n1)C2. The average molecular weight is 471 g/mol. The van der Waals surface area contributed by atoms with Gasteiger partial charge in [-0.25, -0.2) is 9.97 Å². The van der Waals surface area contributed by atoms with Gasteiger partial charge in [0.1, 0.15) is 5.75 Å². The molecule has 0 radical (unpaired) electrons. The van der Waals surface area contributed by atoms with Gasteiger partial charge >= 0.3 is 0 Å². The van der Waals surface area contributed by atoms with Crippen LogP contribution in [0.2, 0.25) is 0 Å². The average Bonchev–Trinajstić information content (AvgIpc) is 3.53. The second-order valence-electron chi connectivity index (χ2n) is 12.8. The van der Waals surface area contributed by atoms with Crippen molar-refractivity contribution in [2.24, 2.45) is 23.2 Å². The van der Waals surface area contributed by atoms with Gasteiger partial charge in [0.15, 0.2) is 0 Å². The van der Waals surface area contributed by atoms with E-state index in [-0.39, 0.29) is 5.41 Å². The first-order valence-corrected chi connectivity index (χ1v) is 14.0. The Hall–Kier alpha value is -2.14. The quantitative estimate of drug-likeness (QED) is 0.649. The Labute approximate surface area is 209 Å². The van der Waals surface area contributed by atoms with Crippen molar-refractivity contribution in [1.82, 2.24) is 14.9 Å². The molecule has 6 atom stereocenters. The zero-order valence-corrected chi connectivity index (χ0v) is 21.5. The third-order valence-electron chi connectivity index (χ3n) is 11.2. The number of nitrogens with zero attached hydrogens (tertiary/aromatic N) is 4. The van der Waals surface area contributed by atoms with E-state index in [1.54, 1.807) is 11.1 Å². The van der Waals surface area contributed by atoms with Crippen LogP contribution >= 0.6 is 0 Å². The Kier molecular flexibility index (Phi) is 4.20. The molecule has 1 aromatic heterocycles. The standard InChI is InChI=1S/C30H38N4O/c1-18-12-19(2)32-28(31-18)34-17-22-15-29-9-8-25(34)27(22)30(29)10-11-33(16-20-4-5-20)26(29)13-21-6-7-23(35-3)14-24(21)30/h6-7,12,14,20,22,25-27H,4-5,8-11,13,15-17H2,1-3H3/t22-,25?,26-,27?,29-,30+/m1/s1. The van der Waals surface area contributed by atoms with Crippen molar-refractivity contribution in [3.05, 3.63) is 46.8 Å². The molecule has 3 heterocycles. The fourth-order valence-corrected chi connectivity index (χ4v) is 10.1. The van der Waals surface area contributed by atoms with Gasteiger partial charge in [0.05, 0.1) is 7.11 Å². The van der Waals surface area contributed by atoms with Gasteiger partial charge in [-0.05, 0) is 118 Å². The van der Waals surface area contributed by atoms with Gasteiger partial charge in [-0.1, -0.05) is 6.07 Å². The first kappa shape index (κ1) is 21.0. The Balaban J connectivity index is 1.28. The smallest absolute Gasteiger partial charge is 0.226 e. The Bertz CT molecular complexity index is 1190. The molecule has 6 aliphatic rings. The van der Waals surface area contributed by atoms with Crippen LogP contribution in [-0.2, 0) is 11.8 Å². The summed E-state index contributed by atoms with van der Waals surface area (Å²) >= 11 is 0. The summed E-state index contributed by atoms with van der Waals surface area (Å²) in [7, 11) is 1.83. The van der Waals surface area contributed by atoms with E-state index in [1.807, 2.05) is 7.11 Å². The van der Waals surface area contributed by atoms with Gasteiger partial charge in [-0.3, -0.25) is 4.90 Å². The molecule has 4 aliphatic carbocycles. The summed E-state index contributed by atoms with van der Waals surface area (Å²) in [6, 6.07) is 10.5. The zero-order chi connectivity index (χ0) is 23.5. The first-order chi connectivity index (χ1) is 17.0. The first-order valence-electron chi connectivity index (χ1n) is 14.0. The number of aryl methyl sites for hydroxylation is 2. The number of hydrogen-bond acceptors (Lipinski definition) is 5. The highest BCUT2D eigenvalue weighted by atomic mass is 16.5. The summed E-state index contributed by atoms with van der Waals surface area (Å²) in [6.45, 7) is 7.98. The number of piperidine rings is 1. The molecule has 3 saturated carbocycles. The van der Waals surface area contributed by atoms with Crippen LogP contribution < -0.4 is 9.64 Å². The second kappa shape index (κ2) is 7.00. The van der Waals surface area contributed by atoms with E-state index in [4.69, 9.17) is 14.7 Å². The van der Waals surface area contributed by atoms with Crippen LogP contribution in [0, 0.1) is 37.0 Å². The second-order valence-corrected chi connectivity index (χ2v) is 12.8. The maximum absolute atomic E-state index is 5.81. The van der Waals surface area contributed by atoms with Crippen molar-refractivity contribution < 1.29 is 4.74 Å². The molecule has 35 heavy (non-hydrogen) atoms. The molecule has 2 saturated heterocycles. The van der Waals surface area contributed by atoms with Crippen LogP contribution in [0.3, 0.4) is 0 Å². The van der Waals surface area contributed by atoms with Crippen LogP contribution in [0.15, 0.2) is 24.3 Å². The highest BCUT2D eigenvalue weighted by molar-refractivity contribution is 5.53. The predicted octanol–water partition coefficient (Wildman–Crippen LogP) is 4.69.